The largest absolute Gasteiger partial charge is 0.329 e. The van der Waals surface area contributed by atoms with Crippen LogP contribution < -0.4 is 5.73 Å². The number of rotatable bonds is 3. The van der Waals surface area contributed by atoms with Gasteiger partial charge in [-0.1, -0.05) is 19.8 Å². The maximum Gasteiger partial charge on any atom is 0.0250 e. The van der Waals surface area contributed by atoms with Crippen molar-refractivity contribution in [2.45, 2.75) is 58.0 Å². The van der Waals surface area contributed by atoms with Gasteiger partial charge < -0.3 is 10.6 Å². The van der Waals surface area contributed by atoms with Crippen molar-refractivity contribution in [3.8, 4) is 0 Å². The fourth-order valence-electron chi connectivity index (χ4n) is 4.31. The number of hydrogen-bond acceptors (Lipinski definition) is 3. The molecule has 2 rings (SSSR count). The molecule has 1 saturated heterocycles. The molecule has 3 nitrogen and oxygen atoms in total. The van der Waals surface area contributed by atoms with Crippen LogP contribution in [-0.4, -0.2) is 55.1 Å². The van der Waals surface area contributed by atoms with E-state index in [1.54, 1.807) is 0 Å². The van der Waals surface area contributed by atoms with E-state index in [-0.39, 0.29) is 0 Å². The van der Waals surface area contributed by atoms with Crippen molar-refractivity contribution in [2.24, 2.45) is 17.6 Å². The zero-order valence-electron chi connectivity index (χ0n) is 13.1. The minimum atomic E-state index is 0.615. The SMILES string of the molecule is CC1CCCC(C(CN)N2CCCN(C)CC2C)C1. The molecule has 112 valence electrons. The third-order valence-electron chi connectivity index (χ3n) is 5.29. The molecule has 0 aromatic carbocycles. The molecule has 0 bridgehead atoms. The van der Waals surface area contributed by atoms with Crippen molar-refractivity contribution in [2.75, 3.05) is 33.2 Å². The van der Waals surface area contributed by atoms with Gasteiger partial charge in [-0.25, -0.2) is 0 Å². The Morgan fingerprint density at radius 3 is 2.63 bits per heavy atom. The van der Waals surface area contributed by atoms with E-state index in [4.69, 9.17) is 5.73 Å². The molecule has 1 heterocycles. The number of nitrogens with two attached hydrogens (primary N) is 1. The van der Waals surface area contributed by atoms with Crippen molar-refractivity contribution in [3.05, 3.63) is 0 Å². The average molecular weight is 267 g/mol. The molecule has 1 aliphatic carbocycles. The first-order valence-electron chi connectivity index (χ1n) is 8.26. The Labute approximate surface area is 119 Å². The van der Waals surface area contributed by atoms with Gasteiger partial charge in [0.25, 0.3) is 0 Å². The van der Waals surface area contributed by atoms with Gasteiger partial charge in [-0.15, -0.1) is 0 Å². The van der Waals surface area contributed by atoms with Crippen molar-refractivity contribution in [3.63, 3.8) is 0 Å². The first kappa shape index (κ1) is 15.3. The Morgan fingerprint density at radius 1 is 1.16 bits per heavy atom. The summed E-state index contributed by atoms with van der Waals surface area (Å²) < 4.78 is 0. The summed E-state index contributed by atoms with van der Waals surface area (Å²) in [7, 11) is 2.25. The normalized spacial score (nSPS) is 36.9. The van der Waals surface area contributed by atoms with Crippen LogP contribution in [0.5, 0.6) is 0 Å². The van der Waals surface area contributed by atoms with Crippen LogP contribution in [0.2, 0.25) is 0 Å². The maximum atomic E-state index is 6.17. The van der Waals surface area contributed by atoms with Crippen LogP contribution in [-0.2, 0) is 0 Å². The van der Waals surface area contributed by atoms with Crippen LogP contribution in [0.4, 0.5) is 0 Å². The van der Waals surface area contributed by atoms with E-state index in [1.165, 1.54) is 51.7 Å². The average Bonchev–Trinajstić information content (AvgIpc) is 2.52. The molecule has 0 spiro atoms. The number of likely N-dealkylation sites (N-methyl/N-ethyl adjacent to an activating group) is 1. The highest BCUT2D eigenvalue weighted by Crippen LogP contribution is 2.33. The molecule has 1 aliphatic heterocycles. The zero-order valence-corrected chi connectivity index (χ0v) is 13.1. The van der Waals surface area contributed by atoms with E-state index in [0.717, 1.165) is 18.4 Å². The first-order valence-corrected chi connectivity index (χ1v) is 8.26. The molecule has 0 aromatic rings. The third-order valence-corrected chi connectivity index (χ3v) is 5.29. The van der Waals surface area contributed by atoms with Crippen LogP contribution in [0.3, 0.4) is 0 Å². The fourth-order valence-corrected chi connectivity index (χ4v) is 4.31. The summed E-state index contributed by atoms with van der Waals surface area (Å²) in [5.41, 5.74) is 6.17. The van der Waals surface area contributed by atoms with E-state index in [1.807, 2.05) is 0 Å². The molecule has 0 radical (unpaired) electrons. The van der Waals surface area contributed by atoms with Gasteiger partial charge in [-0.3, -0.25) is 4.90 Å². The Kier molecular flexibility index (Phi) is 5.67. The minimum Gasteiger partial charge on any atom is -0.329 e. The second-order valence-electron chi connectivity index (χ2n) is 7.04. The lowest BCUT2D eigenvalue weighted by molar-refractivity contribution is 0.0772. The molecular weight excluding hydrogens is 234 g/mol. The summed E-state index contributed by atoms with van der Waals surface area (Å²) in [4.78, 5) is 5.20. The van der Waals surface area contributed by atoms with E-state index in [9.17, 15) is 0 Å². The Hall–Kier alpha value is -0.120. The minimum absolute atomic E-state index is 0.615. The van der Waals surface area contributed by atoms with Crippen LogP contribution in [0.1, 0.15) is 46.0 Å². The molecule has 2 N–H and O–H groups in total. The lowest BCUT2D eigenvalue weighted by Crippen LogP contribution is -2.52. The molecule has 1 saturated carbocycles. The van der Waals surface area contributed by atoms with Crippen molar-refractivity contribution >= 4 is 0 Å². The summed E-state index contributed by atoms with van der Waals surface area (Å²) >= 11 is 0. The summed E-state index contributed by atoms with van der Waals surface area (Å²) in [6, 6.07) is 1.27. The van der Waals surface area contributed by atoms with Crippen LogP contribution in [0, 0.1) is 11.8 Å². The van der Waals surface area contributed by atoms with E-state index >= 15 is 0 Å². The highest BCUT2D eigenvalue weighted by molar-refractivity contribution is 4.88. The monoisotopic (exact) mass is 267 g/mol. The maximum absolute atomic E-state index is 6.17. The van der Waals surface area contributed by atoms with Crippen LogP contribution in [0.25, 0.3) is 0 Å². The highest BCUT2D eigenvalue weighted by Gasteiger charge is 2.33. The zero-order chi connectivity index (χ0) is 13.8. The van der Waals surface area contributed by atoms with Crippen LogP contribution >= 0.6 is 0 Å². The molecule has 4 atom stereocenters. The standard InChI is InChI=1S/C16H33N3/c1-13-6-4-7-15(10-13)16(11-17)19-9-5-8-18(3)12-14(19)2/h13-16H,4-12,17H2,1-3H3. The quantitative estimate of drug-likeness (QED) is 0.850. The summed E-state index contributed by atoms with van der Waals surface area (Å²) in [6.07, 6.45) is 6.91. The fraction of sp³-hybridized carbons (Fsp3) is 1.00. The third kappa shape index (κ3) is 3.93. The van der Waals surface area contributed by atoms with Gasteiger partial charge in [0.2, 0.25) is 0 Å². The second-order valence-corrected chi connectivity index (χ2v) is 7.04. The Balaban J connectivity index is 2.02. The molecule has 2 fully saturated rings. The van der Waals surface area contributed by atoms with Gasteiger partial charge in [-0.05, 0) is 51.6 Å². The predicted octanol–water partition coefficient (Wildman–Crippen LogP) is 2.17. The van der Waals surface area contributed by atoms with Crippen molar-refractivity contribution in [1.82, 2.24) is 9.80 Å². The topological polar surface area (TPSA) is 32.5 Å². The highest BCUT2D eigenvalue weighted by atomic mass is 15.3. The number of nitrogens with zero attached hydrogens (tertiary/aromatic N) is 2. The Bertz CT molecular complexity index is 269. The molecule has 0 amide bonds. The van der Waals surface area contributed by atoms with Gasteiger partial charge in [0, 0.05) is 31.7 Å². The number of hydrogen-bond donors (Lipinski definition) is 1. The molecular formula is C16H33N3. The summed E-state index contributed by atoms with van der Waals surface area (Å²) in [5.74, 6) is 1.73. The first-order chi connectivity index (χ1) is 9.11. The second kappa shape index (κ2) is 7.05. The van der Waals surface area contributed by atoms with E-state index in [2.05, 4.69) is 30.7 Å². The van der Waals surface area contributed by atoms with Crippen LogP contribution in [0.15, 0.2) is 0 Å². The van der Waals surface area contributed by atoms with Crippen molar-refractivity contribution in [1.29, 1.82) is 0 Å². The van der Waals surface area contributed by atoms with Crippen molar-refractivity contribution < 1.29 is 0 Å². The van der Waals surface area contributed by atoms with Gasteiger partial charge >= 0.3 is 0 Å². The summed E-state index contributed by atoms with van der Waals surface area (Å²) in [5, 5.41) is 0. The van der Waals surface area contributed by atoms with Gasteiger partial charge in [-0.2, -0.15) is 0 Å². The Morgan fingerprint density at radius 2 is 1.95 bits per heavy atom. The molecule has 2 aliphatic rings. The molecule has 3 heteroatoms. The van der Waals surface area contributed by atoms with E-state index in [0.29, 0.717) is 12.1 Å². The molecule has 4 unspecified atom stereocenters. The lowest BCUT2D eigenvalue weighted by atomic mass is 9.78. The van der Waals surface area contributed by atoms with Gasteiger partial charge in [0.1, 0.15) is 0 Å². The van der Waals surface area contributed by atoms with E-state index < -0.39 is 0 Å². The molecule has 19 heavy (non-hydrogen) atoms. The van der Waals surface area contributed by atoms with Gasteiger partial charge in [0.05, 0.1) is 0 Å². The predicted molar refractivity (Wildman–Crippen MR) is 82.2 cm³/mol. The molecule has 0 aromatic heterocycles. The summed E-state index contributed by atoms with van der Waals surface area (Å²) in [6.45, 7) is 9.30. The smallest absolute Gasteiger partial charge is 0.0250 e. The lowest BCUT2D eigenvalue weighted by Gasteiger charge is -2.42. The van der Waals surface area contributed by atoms with Gasteiger partial charge in [0.15, 0.2) is 0 Å².